The highest BCUT2D eigenvalue weighted by molar-refractivity contribution is 7.10. The smallest absolute Gasteiger partial charge is 0.376 e. The molecule has 2 heterocycles. The summed E-state index contributed by atoms with van der Waals surface area (Å²) in [6.07, 6.45) is 2.02. The van der Waals surface area contributed by atoms with Crippen molar-refractivity contribution in [2.75, 3.05) is 11.9 Å². The maximum absolute atomic E-state index is 12.1. The summed E-state index contributed by atoms with van der Waals surface area (Å²) in [6.45, 7) is 4.22. The van der Waals surface area contributed by atoms with Gasteiger partial charge in [0.1, 0.15) is 5.82 Å². The van der Waals surface area contributed by atoms with E-state index in [0.717, 1.165) is 23.7 Å². The second kappa shape index (κ2) is 8.07. The molecule has 0 fully saturated rings. The molecule has 3 aromatic rings. The number of benzene rings is 1. The molecule has 0 amide bonds. The van der Waals surface area contributed by atoms with E-state index in [1.807, 2.05) is 30.3 Å². The summed E-state index contributed by atoms with van der Waals surface area (Å²) < 4.78 is 5.07. The average Bonchev–Trinajstić information content (AvgIpc) is 3.16. The molecule has 6 heteroatoms. The fourth-order valence-electron chi connectivity index (χ4n) is 2.70. The van der Waals surface area contributed by atoms with Gasteiger partial charge in [-0.25, -0.2) is 14.8 Å². The molecular weight excluding hydrogens is 334 g/mol. The Morgan fingerprint density at radius 2 is 2.04 bits per heavy atom. The van der Waals surface area contributed by atoms with Gasteiger partial charge in [0.2, 0.25) is 5.82 Å². The lowest BCUT2D eigenvalue weighted by atomic mass is 10.1. The molecule has 25 heavy (non-hydrogen) atoms. The minimum absolute atomic E-state index is 0.0875. The van der Waals surface area contributed by atoms with E-state index in [-0.39, 0.29) is 11.9 Å². The molecule has 0 aliphatic rings. The van der Waals surface area contributed by atoms with E-state index in [1.165, 1.54) is 4.88 Å². The zero-order valence-corrected chi connectivity index (χ0v) is 15.2. The third-order valence-corrected chi connectivity index (χ3v) is 4.82. The van der Waals surface area contributed by atoms with E-state index in [4.69, 9.17) is 4.74 Å². The van der Waals surface area contributed by atoms with Crippen LogP contribution in [0, 0.1) is 0 Å². The number of aromatic nitrogens is 2. The van der Waals surface area contributed by atoms with Crippen LogP contribution in [0.2, 0.25) is 0 Å². The van der Waals surface area contributed by atoms with Gasteiger partial charge in [0.15, 0.2) is 0 Å². The number of thiophene rings is 1. The van der Waals surface area contributed by atoms with Gasteiger partial charge in [-0.15, -0.1) is 11.3 Å². The van der Waals surface area contributed by atoms with Gasteiger partial charge in [0.05, 0.1) is 18.2 Å². The first-order valence-electron chi connectivity index (χ1n) is 8.46. The molecule has 0 radical (unpaired) electrons. The van der Waals surface area contributed by atoms with Crippen LogP contribution in [0.3, 0.4) is 0 Å². The summed E-state index contributed by atoms with van der Waals surface area (Å²) in [5.74, 6) is 0.254. The number of para-hydroxylation sites is 1. The van der Waals surface area contributed by atoms with E-state index in [2.05, 4.69) is 33.7 Å². The average molecular weight is 355 g/mol. The summed E-state index contributed by atoms with van der Waals surface area (Å²) in [5, 5.41) is 6.48. The van der Waals surface area contributed by atoms with Gasteiger partial charge < -0.3 is 10.1 Å². The standard InChI is InChI=1S/C19H21N3O2S/c1-3-8-15(16-11-7-12-25-16)21-17-13-9-5-6-10-14(13)20-18(22-17)19(23)24-4-2/h5-7,9-12,15H,3-4,8H2,1-2H3,(H,20,21,22)/t15-/m0/s1. The summed E-state index contributed by atoms with van der Waals surface area (Å²) >= 11 is 1.72. The van der Waals surface area contributed by atoms with Gasteiger partial charge in [0.25, 0.3) is 0 Å². The van der Waals surface area contributed by atoms with E-state index >= 15 is 0 Å². The van der Waals surface area contributed by atoms with Crippen LogP contribution in [0.1, 0.15) is 48.2 Å². The Kier molecular flexibility index (Phi) is 5.60. The molecular formula is C19H21N3O2S. The van der Waals surface area contributed by atoms with Gasteiger partial charge in [-0.1, -0.05) is 31.5 Å². The van der Waals surface area contributed by atoms with Crippen LogP contribution in [0.15, 0.2) is 41.8 Å². The first-order valence-corrected chi connectivity index (χ1v) is 9.34. The number of hydrogen-bond donors (Lipinski definition) is 1. The predicted molar refractivity (Wildman–Crippen MR) is 101 cm³/mol. The second-order valence-electron chi connectivity index (χ2n) is 5.63. The highest BCUT2D eigenvalue weighted by Crippen LogP contribution is 2.30. The topological polar surface area (TPSA) is 64.1 Å². The third-order valence-electron chi connectivity index (χ3n) is 3.84. The molecule has 0 aliphatic heterocycles. The quantitative estimate of drug-likeness (QED) is 0.616. The first-order chi connectivity index (χ1) is 12.2. The number of carbonyl (C=O) groups is 1. The Morgan fingerprint density at radius 1 is 1.20 bits per heavy atom. The van der Waals surface area contributed by atoms with Gasteiger partial charge >= 0.3 is 5.97 Å². The molecule has 1 aromatic carbocycles. The summed E-state index contributed by atoms with van der Waals surface area (Å²) in [5.41, 5.74) is 0.726. The Balaban J connectivity index is 2.02. The van der Waals surface area contributed by atoms with E-state index < -0.39 is 5.97 Å². The second-order valence-corrected chi connectivity index (χ2v) is 6.61. The normalized spacial score (nSPS) is 12.1. The van der Waals surface area contributed by atoms with Crippen LogP contribution < -0.4 is 5.32 Å². The summed E-state index contributed by atoms with van der Waals surface area (Å²) in [6, 6.07) is 12.0. The van der Waals surface area contributed by atoms with Crippen LogP contribution in [-0.2, 0) is 4.74 Å². The van der Waals surface area contributed by atoms with Crippen molar-refractivity contribution in [2.24, 2.45) is 0 Å². The number of nitrogens with zero attached hydrogens (tertiary/aromatic N) is 2. The fraction of sp³-hybridized carbons (Fsp3) is 0.316. The number of anilines is 1. The first kappa shape index (κ1) is 17.4. The van der Waals surface area contributed by atoms with Gasteiger partial charge in [0, 0.05) is 10.3 Å². The maximum atomic E-state index is 12.1. The molecule has 5 nitrogen and oxygen atoms in total. The SMILES string of the molecule is CCC[C@H](Nc1nc(C(=O)OCC)nc2ccccc12)c1cccs1. The van der Waals surface area contributed by atoms with Crippen molar-refractivity contribution in [2.45, 2.75) is 32.7 Å². The van der Waals surface area contributed by atoms with Crippen LogP contribution in [-0.4, -0.2) is 22.5 Å². The van der Waals surface area contributed by atoms with Crippen LogP contribution >= 0.6 is 11.3 Å². The van der Waals surface area contributed by atoms with Crippen molar-refractivity contribution in [3.05, 3.63) is 52.5 Å². The third kappa shape index (κ3) is 3.96. The number of rotatable bonds is 7. The molecule has 0 spiro atoms. The highest BCUT2D eigenvalue weighted by Gasteiger charge is 2.18. The Bertz CT molecular complexity index is 849. The molecule has 1 atom stereocenters. The molecule has 130 valence electrons. The largest absolute Gasteiger partial charge is 0.460 e. The number of esters is 1. The Labute approximate surface area is 151 Å². The minimum Gasteiger partial charge on any atom is -0.460 e. The van der Waals surface area contributed by atoms with Crippen LogP contribution in [0.4, 0.5) is 5.82 Å². The molecule has 0 saturated heterocycles. The van der Waals surface area contributed by atoms with Crippen molar-refractivity contribution < 1.29 is 9.53 Å². The van der Waals surface area contributed by atoms with Crippen LogP contribution in [0.5, 0.6) is 0 Å². The van der Waals surface area contributed by atoms with Crippen molar-refractivity contribution in [3.8, 4) is 0 Å². The lowest BCUT2D eigenvalue weighted by Gasteiger charge is -2.19. The summed E-state index contributed by atoms with van der Waals surface area (Å²) in [7, 11) is 0. The van der Waals surface area contributed by atoms with E-state index in [9.17, 15) is 4.79 Å². The predicted octanol–water partition coefficient (Wildman–Crippen LogP) is 4.82. The molecule has 0 unspecified atom stereocenters. The molecule has 0 saturated carbocycles. The molecule has 0 bridgehead atoms. The van der Waals surface area contributed by atoms with E-state index in [0.29, 0.717) is 12.4 Å². The lowest BCUT2D eigenvalue weighted by Crippen LogP contribution is -2.15. The molecule has 1 N–H and O–H groups in total. The highest BCUT2D eigenvalue weighted by atomic mass is 32.1. The van der Waals surface area contributed by atoms with Gasteiger partial charge in [-0.2, -0.15) is 0 Å². The fourth-order valence-corrected chi connectivity index (χ4v) is 3.51. The minimum atomic E-state index is -0.500. The lowest BCUT2D eigenvalue weighted by molar-refractivity contribution is 0.0512. The van der Waals surface area contributed by atoms with Crippen molar-refractivity contribution in [1.29, 1.82) is 0 Å². The van der Waals surface area contributed by atoms with Crippen molar-refractivity contribution in [3.63, 3.8) is 0 Å². The molecule has 2 aromatic heterocycles. The number of ether oxygens (including phenoxy) is 1. The Morgan fingerprint density at radius 3 is 2.76 bits per heavy atom. The zero-order valence-electron chi connectivity index (χ0n) is 14.4. The van der Waals surface area contributed by atoms with E-state index in [1.54, 1.807) is 18.3 Å². The molecule has 3 rings (SSSR count). The van der Waals surface area contributed by atoms with Gasteiger partial charge in [-0.3, -0.25) is 0 Å². The zero-order chi connectivity index (χ0) is 17.6. The summed E-state index contributed by atoms with van der Waals surface area (Å²) in [4.78, 5) is 22.2. The van der Waals surface area contributed by atoms with Crippen LogP contribution in [0.25, 0.3) is 10.9 Å². The maximum Gasteiger partial charge on any atom is 0.376 e. The van der Waals surface area contributed by atoms with Crippen molar-refractivity contribution >= 4 is 34.0 Å². The number of fused-ring (bicyclic) bond motifs is 1. The number of nitrogens with one attached hydrogen (secondary N) is 1. The van der Waals surface area contributed by atoms with Gasteiger partial charge in [-0.05, 0) is 36.9 Å². The number of carbonyl (C=O) groups excluding carboxylic acids is 1. The number of hydrogen-bond acceptors (Lipinski definition) is 6. The monoisotopic (exact) mass is 355 g/mol. The van der Waals surface area contributed by atoms with Crippen molar-refractivity contribution in [1.82, 2.24) is 9.97 Å². The Hall–Kier alpha value is -2.47. The molecule has 0 aliphatic carbocycles.